The lowest BCUT2D eigenvalue weighted by Gasteiger charge is -2.48. The average Bonchev–Trinajstić information content (AvgIpc) is 2.79. The van der Waals surface area contributed by atoms with Crippen LogP contribution in [0.3, 0.4) is 0 Å². The summed E-state index contributed by atoms with van der Waals surface area (Å²) in [6.45, 7) is 4.36. The summed E-state index contributed by atoms with van der Waals surface area (Å²) in [4.78, 5) is 0. The van der Waals surface area contributed by atoms with Gasteiger partial charge in [-0.15, -0.1) is 0 Å². The van der Waals surface area contributed by atoms with Crippen LogP contribution in [0.15, 0.2) is 91.0 Å². The van der Waals surface area contributed by atoms with Gasteiger partial charge in [0.2, 0.25) is 0 Å². The van der Waals surface area contributed by atoms with Gasteiger partial charge < -0.3 is 10.4 Å². The van der Waals surface area contributed by atoms with Crippen LogP contribution in [0, 0.1) is 23.7 Å². The highest BCUT2D eigenvalue weighted by Crippen LogP contribution is 2.46. The Labute approximate surface area is 180 Å². The molecule has 2 heteroatoms. The first-order chi connectivity index (χ1) is 14.6. The molecule has 1 fully saturated rings. The molecular weight excluding hydrogens is 366 g/mol. The quantitative estimate of drug-likeness (QED) is 0.573. The molecule has 0 bridgehead atoms. The molecule has 0 radical (unpaired) electrons. The van der Waals surface area contributed by atoms with Crippen LogP contribution in [0.1, 0.15) is 49.0 Å². The Morgan fingerprint density at radius 1 is 0.833 bits per heavy atom. The van der Waals surface area contributed by atoms with Gasteiger partial charge in [0, 0.05) is 30.0 Å². The van der Waals surface area contributed by atoms with Gasteiger partial charge in [-0.05, 0) is 29.2 Å². The molecule has 0 unspecified atom stereocenters. The first-order valence-corrected chi connectivity index (χ1v) is 10.7. The van der Waals surface area contributed by atoms with Crippen molar-refractivity contribution < 1.29 is 5.11 Å². The molecule has 0 aliphatic carbocycles. The number of piperidine rings is 1. The third-order valence-corrected chi connectivity index (χ3v) is 6.08. The molecule has 3 aromatic rings. The molecule has 0 spiro atoms. The summed E-state index contributed by atoms with van der Waals surface area (Å²) >= 11 is 0. The number of hydrogen-bond donors (Lipinski definition) is 2. The van der Waals surface area contributed by atoms with Crippen molar-refractivity contribution in [2.24, 2.45) is 11.8 Å². The summed E-state index contributed by atoms with van der Waals surface area (Å²) < 4.78 is 0. The first kappa shape index (κ1) is 20.4. The van der Waals surface area contributed by atoms with E-state index in [1.165, 1.54) is 11.1 Å². The lowest BCUT2D eigenvalue weighted by atomic mass is 9.67. The predicted octanol–water partition coefficient (Wildman–Crippen LogP) is 5.52. The van der Waals surface area contributed by atoms with Crippen molar-refractivity contribution in [2.45, 2.75) is 38.0 Å². The van der Waals surface area contributed by atoms with Crippen LogP contribution in [0.4, 0.5) is 0 Å². The van der Waals surface area contributed by atoms with E-state index in [0.717, 1.165) is 5.56 Å². The average molecular weight is 396 g/mol. The minimum absolute atomic E-state index is 0.0141. The number of benzene rings is 3. The van der Waals surface area contributed by atoms with Gasteiger partial charge in [-0.25, -0.2) is 0 Å². The van der Waals surface area contributed by atoms with Crippen molar-refractivity contribution in [3.05, 3.63) is 108 Å². The number of aliphatic hydroxyl groups is 1. The van der Waals surface area contributed by atoms with E-state index in [4.69, 9.17) is 0 Å². The Bertz CT molecular complexity index is 1000. The van der Waals surface area contributed by atoms with Gasteiger partial charge in [0.1, 0.15) is 5.60 Å². The molecule has 2 N–H and O–H groups in total. The van der Waals surface area contributed by atoms with Gasteiger partial charge >= 0.3 is 0 Å². The SMILES string of the molecule is CC(C)[C@@H]1[C@H](c2ccccc2)N[C@H](c2ccccc2)C[C@@]1(O)C#Cc1ccccc1. The predicted molar refractivity (Wildman–Crippen MR) is 123 cm³/mol. The van der Waals surface area contributed by atoms with Crippen LogP contribution in [0.2, 0.25) is 0 Å². The molecule has 1 aliphatic heterocycles. The van der Waals surface area contributed by atoms with Crippen molar-refractivity contribution in [3.8, 4) is 11.8 Å². The molecule has 0 amide bonds. The van der Waals surface area contributed by atoms with Crippen molar-refractivity contribution in [2.75, 3.05) is 0 Å². The fraction of sp³-hybridized carbons (Fsp3) is 0.286. The van der Waals surface area contributed by atoms with Crippen molar-refractivity contribution in [3.63, 3.8) is 0 Å². The number of hydrogen-bond acceptors (Lipinski definition) is 2. The minimum Gasteiger partial charge on any atom is -0.377 e. The number of rotatable bonds is 3. The molecular formula is C28H29NO. The Morgan fingerprint density at radius 3 is 1.93 bits per heavy atom. The van der Waals surface area contributed by atoms with Gasteiger partial charge in [-0.2, -0.15) is 0 Å². The summed E-state index contributed by atoms with van der Waals surface area (Å²) in [5, 5.41) is 15.9. The van der Waals surface area contributed by atoms with Crippen LogP contribution in [-0.4, -0.2) is 10.7 Å². The van der Waals surface area contributed by atoms with Gasteiger partial charge in [-0.3, -0.25) is 0 Å². The number of nitrogens with one attached hydrogen (secondary N) is 1. The molecule has 1 aliphatic rings. The summed E-state index contributed by atoms with van der Waals surface area (Å²) in [6, 6.07) is 30.8. The minimum atomic E-state index is -1.10. The highest BCUT2D eigenvalue weighted by atomic mass is 16.3. The molecule has 1 heterocycles. The highest BCUT2D eigenvalue weighted by Gasteiger charge is 2.48. The molecule has 1 saturated heterocycles. The monoisotopic (exact) mass is 395 g/mol. The summed E-state index contributed by atoms with van der Waals surface area (Å²) in [5.41, 5.74) is 2.20. The first-order valence-electron chi connectivity index (χ1n) is 10.7. The van der Waals surface area contributed by atoms with Crippen LogP contribution < -0.4 is 5.32 Å². The molecule has 4 rings (SSSR count). The maximum absolute atomic E-state index is 12.0. The summed E-state index contributed by atoms with van der Waals surface area (Å²) in [6.07, 6.45) is 0.559. The topological polar surface area (TPSA) is 32.3 Å². The smallest absolute Gasteiger partial charge is 0.132 e. The molecule has 4 atom stereocenters. The van der Waals surface area contributed by atoms with E-state index in [1.807, 2.05) is 42.5 Å². The van der Waals surface area contributed by atoms with E-state index in [9.17, 15) is 5.11 Å². The highest BCUT2D eigenvalue weighted by molar-refractivity contribution is 5.38. The van der Waals surface area contributed by atoms with Gasteiger partial charge in [0.25, 0.3) is 0 Å². The third-order valence-electron chi connectivity index (χ3n) is 6.08. The molecule has 2 nitrogen and oxygen atoms in total. The van der Waals surface area contributed by atoms with Crippen LogP contribution in [-0.2, 0) is 0 Å². The summed E-state index contributed by atoms with van der Waals surface area (Å²) in [7, 11) is 0. The Hall–Kier alpha value is -2.86. The maximum atomic E-state index is 12.0. The zero-order chi connectivity index (χ0) is 21.0. The van der Waals surface area contributed by atoms with E-state index < -0.39 is 5.60 Å². The van der Waals surface area contributed by atoms with Crippen LogP contribution in [0.5, 0.6) is 0 Å². The van der Waals surface area contributed by atoms with Crippen molar-refractivity contribution >= 4 is 0 Å². The zero-order valence-corrected chi connectivity index (χ0v) is 17.6. The maximum Gasteiger partial charge on any atom is 0.132 e. The largest absolute Gasteiger partial charge is 0.377 e. The fourth-order valence-corrected chi connectivity index (χ4v) is 4.74. The Balaban J connectivity index is 1.79. The van der Waals surface area contributed by atoms with Gasteiger partial charge in [0.05, 0.1) is 0 Å². The van der Waals surface area contributed by atoms with E-state index in [2.05, 4.69) is 79.5 Å². The van der Waals surface area contributed by atoms with Crippen molar-refractivity contribution in [1.82, 2.24) is 5.32 Å². The lowest BCUT2D eigenvalue weighted by Crippen LogP contribution is -2.54. The van der Waals surface area contributed by atoms with E-state index in [-0.39, 0.29) is 23.9 Å². The standard InChI is InChI=1S/C28H29NO/c1-21(2)26-27(24-16-10-5-11-17-24)29-25(23-14-8-4-9-15-23)20-28(26,30)19-18-22-12-6-3-7-13-22/h3-17,21,25-27,29-30H,20H2,1-2H3/t25-,26+,27-,28-/m0/s1. The molecule has 30 heavy (non-hydrogen) atoms. The van der Waals surface area contributed by atoms with Gasteiger partial charge in [0.15, 0.2) is 0 Å². The second-order valence-electron chi connectivity index (χ2n) is 8.53. The molecule has 0 aromatic heterocycles. The zero-order valence-electron chi connectivity index (χ0n) is 17.6. The Morgan fingerprint density at radius 2 is 1.37 bits per heavy atom. The lowest BCUT2D eigenvalue weighted by molar-refractivity contribution is -0.0478. The molecule has 152 valence electrons. The molecule has 0 saturated carbocycles. The third kappa shape index (κ3) is 4.33. The van der Waals surface area contributed by atoms with Crippen molar-refractivity contribution in [1.29, 1.82) is 0 Å². The van der Waals surface area contributed by atoms with Gasteiger partial charge in [-0.1, -0.05) is 105 Å². The van der Waals surface area contributed by atoms with Crippen LogP contribution >= 0.6 is 0 Å². The second kappa shape index (κ2) is 8.88. The normalized spacial score (nSPS) is 26.1. The fourth-order valence-electron chi connectivity index (χ4n) is 4.74. The van der Waals surface area contributed by atoms with E-state index >= 15 is 0 Å². The summed E-state index contributed by atoms with van der Waals surface area (Å²) in [5.74, 6) is 6.79. The Kier molecular flexibility index (Phi) is 6.04. The van der Waals surface area contributed by atoms with E-state index in [0.29, 0.717) is 6.42 Å². The van der Waals surface area contributed by atoms with E-state index in [1.54, 1.807) is 0 Å². The second-order valence-corrected chi connectivity index (χ2v) is 8.53. The van der Waals surface area contributed by atoms with Crippen LogP contribution in [0.25, 0.3) is 0 Å². The molecule has 3 aromatic carbocycles.